The first-order chi connectivity index (χ1) is 11.5. The van der Waals surface area contributed by atoms with Crippen LogP contribution in [0.5, 0.6) is 0 Å². The van der Waals surface area contributed by atoms with Gasteiger partial charge in [0.2, 0.25) is 0 Å². The zero-order chi connectivity index (χ0) is 17.1. The highest BCUT2D eigenvalue weighted by Gasteiger charge is 2.19. The molecule has 0 amide bonds. The third-order valence-corrected chi connectivity index (χ3v) is 4.79. The number of aryl methyl sites for hydroxylation is 1. The second-order valence-corrected chi connectivity index (χ2v) is 6.82. The van der Waals surface area contributed by atoms with Gasteiger partial charge < -0.3 is 15.6 Å². The van der Waals surface area contributed by atoms with Gasteiger partial charge in [0, 0.05) is 22.0 Å². The molecule has 1 aromatic carbocycles. The molecule has 2 aromatic rings. The summed E-state index contributed by atoms with van der Waals surface area (Å²) < 4.78 is 5.39. The van der Waals surface area contributed by atoms with Crippen molar-refractivity contribution in [2.24, 2.45) is 10.7 Å². The Kier molecular flexibility index (Phi) is 7.39. The Balaban J connectivity index is 0.00000225. The van der Waals surface area contributed by atoms with Crippen molar-refractivity contribution >= 4 is 53.1 Å². The van der Waals surface area contributed by atoms with Crippen molar-refractivity contribution in [3.05, 3.63) is 50.8 Å². The number of benzene rings is 1. The summed E-state index contributed by atoms with van der Waals surface area (Å²) in [7, 11) is 0. The summed E-state index contributed by atoms with van der Waals surface area (Å²) in [5, 5.41) is 8.47. The van der Waals surface area contributed by atoms with Crippen LogP contribution in [-0.4, -0.2) is 11.1 Å². The van der Waals surface area contributed by atoms with E-state index in [4.69, 9.17) is 33.5 Å². The molecule has 1 heterocycles. The molecular formula is C17H21Cl2IN4O. The highest BCUT2D eigenvalue weighted by Crippen LogP contribution is 2.26. The summed E-state index contributed by atoms with van der Waals surface area (Å²) in [5.74, 6) is 1.35. The summed E-state index contributed by atoms with van der Waals surface area (Å²) in [6, 6.07) is 5.32. The van der Waals surface area contributed by atoms with E-state index in [9.17, 15) is 0 Å². The minimum atomic E-state index is -0.0789. The lowest BCUT2D eigenvalue weighted by Crippen LogP contribution is -2.34. The van der Waals surface area contributed by atoms with E-state index in [0.717, 1.165) is 36.3 Å². The monoisotopic (exact) mass is 494 g/mol. The fourth-order valence-electron chi connectivity index (χ4n) is 2.93. The second-order valence-electron chi connectivity index (χ2n) is 5.97. The Morgan fingerprint density at radius 2 is 2.12 bits per heavy atom. The molecule has 0 aliphatic heterocycles. The molecule has 5 nitrogen and oxygen atoms in total. The van der Waals surface area contributed by atoms with E-state index >= 15 is 0 Å². The van der Waals surface area contributed by atoms with Gasteiger partial charge in [0.05, 0.1) is 12.6 Å². The molecular weight excluding hydrogens is 474 g/mol. The Hall–Kier alpha value is -0.990. The largest absolute Gasteiger partial charge is 0.370 e. The Morgan fingerprint density at radius 1 is 1.36 bits per heavy atom. The molecule has 0 spiro atoms. The van der Waals surface area contributed by atoms with Crippen LogP contribution >= 0.6 is 47.2 Å². The smallest absolute Gasteiger partial charge is 0.189 e. The van der Waals surface area contributed by atoms with Crippen LogP contribution in [-0.2, 0) is 19.4 Å². The molecule has 0 fully saturated rings. The van der Waals surface area contributed by atoms with Crippen molar-refractivity contribution in [2.75, 3.05) is 0 Å². The topological polar surface area (TPSA) is 76.4 Å². The van der Waals surface area contributed by atoms with Gasteiger partial charge in [-0.15, -0.1) is 24.0 Å². The van der Waals surface area contributed by atoms with Gasteiger partial charge in [0.1, 0.15) is 11.5 Å². The number of nitrogens with zero attached hydrogens (tertiary/aromatic N) is 2. The van der Waals surface area contributed by atoms with Crippen LogP contribution in [0.4, 0.5) is 0 Å². The lowest BCUT2D eigenvalue weighted by atomic mass is 9.96. The number of nitrogens with one attached hydrogen (secondary N) is 1. The van der Waals surface area contributed by atoms with Crippen LogP contribution in [0.15, 0.2) is 27.7 Å². The van der Waals surface area contributed by atoms with Gasteiger partial charge in [-0.05, 0) is 43.9 Å². The predicted octanol–water partition coefficient (Wildman–Crippen LogP) is 4.64. The molecule has 3 N–H and O–H groups in total. The van der Waals surface area contributed by atoms with E-state index in [-0.39, 0.29) is 30.0 Å². The van der Waals surface area contributed by atoms with Crippen molar-refractivity contribution < 1.29 is 4.52 Å². The van der Waals surface area contributed by atoms with Crippen molar-refractivity contribution in [3.8, 4) is 0 Å². The molecule has 0 radical (unpaired) electrons. The molecule has 136 valence electrons. The van der Waals surface area contributed by atoms with Crippen LogP contribution in [0.25, 0.3) is 0 Å². The third-order valence-electron chi connectivity index (χ3n) is 4.22. The van der Waals surface area contributed by atoms with Crippen LogP contribution < -0.4 is 11.1 Å². The maximum atomic E-state index is 6.22. The van der Waals surface area contributed by atoms with E-state index in [0.29, 0.717) is 22.5 Å². The summed E-state index contributed by atoms with van der Waals surface area (Å²) >= 11 is 12.1. The third kappa shape index (κ3) is 5.01. The highest BCUT2D eigenvalue weighted by molar-refractivity contribution is 14.0. The fourth-order valence-corrected chi connectivity index (χ4v) is 3.50. The summed E-state index contributed by atoms with van der Waals surface area (Å²) in [4.78, 5) is 4.38. The van der Waals surface area contributed by atoms with E-state index < -0.39 is 0 Å². The van der Waals surface area contributed by atoms with Gasteiger partial charge in [-0.2, -0.15) is 0 Å². The predicted molar refractivity (Wildman–Crippen MR) is 112 cm³/mol. The van der Waals surface area contributed by atoms with Gasteiger partial charge in [-0.3, -0.25) is 0 Å². The maximum Gasteiger partial charge on any atom is 0.189 e. The zero-order valence-corrected chi connectivity index (χ0v) is 17.7. The number of aromatic nitrogens is 1. The van der Waals surface area contributed by atoms with Gasteiger partial charge in [-0.25, -0.2) is 4.99 Å². The van der Waals surface area contributed by atoms with Crippen LogP contribution in [0.1, 0.15) is 48.4 Å². The van der Waals surface area contributed by atoms with Crippen molar-refractivity contribution in [1.29, 1.82) is 0 Å². The Morgan fingerprint density at radius 3 is 2.88 bits per heavy atom. The Labute approximate surface area is 174 Å². The van der Waals surface area contributed by atoms with Gasteiger partial charge in [0.25, 0.3) is 0 Å². The average molecular weight is 495 g/mol. The number of aliphatic imine (C=N–C) groups is 1. The van der Waals surface area contributed by atoms with Crippen molar-refractivity contribution in [1.82, 2.24) is 10.5 Å². The fraction of sp³-hybridized carbons (Fsp3) is 0.412. The molecule has 8 heteroatoms. The lowest BCUT2D eigenvalue weighted by molar-refractivity contribution is 0.368. The van der Waals surface area contributed by atoms with E-state index in [1.165, 1.54) is 12.0 Å². The number of guanidine groups is 1. The first-order valence-electron chi connectivity index (χ1n) is 8.02. The molecule has 1 unspecified atom stereocenters. The SMILES string of the molecule is CC(NC(N)=NCc1noc2c1CCCC2)c1ccc(Cl)cc1Cl.I. The second kappa shape index (κ2) is 9.09. The summed E-state index contributed by atoms with van der Waals surface area (Å²) in [6.07, 6.45) is 4.30. The van der Waals surface area contributed by atoms with E-state index in [2.05, 4.69) is 15.5 Å². The van der Waals surface area contributed by atoms with Crippen LogP contribution in [0.3, 0.4) is 0 Å². The van der Waals surface area contributed by atoms with Gasteiger partial charge in [0.15, 0.2) is 5.96 Å². The standard InChI is InChI=1S/C17H20Cl2N4O.HI/c1-10(12-7-6-11(18)8-14(12)19)22-17(20)21-9-15-13-4-2-3-5-16(13)24-23-15;/h6-8,10H,2-5,9H2,1H3,(H3,20,21,22);1H. The molecule has 3 rings (SSSR count). The van der Waals surface area contributed by atoms with Crippen molar-refractivity contribution in [2.45, 2.75) is 45.2 Å². The summed E-state index contributed by atoms with van der Waals surface area (Å²) in [6.45, 7) is 2.38. The number of hydrogen-bond acceptors (Lipinski definition) is 3. The molecule has 25 heavy (non-hydrogen) atoms. The van der Waals surface area contributed by atoms with Gasteiger partial charge >= 0.3 is 0 Å². The van der Waals surface area contributed by atoms with Crippen LogP contribution in [0, 0.1) is 0 Å². The minimum absolute atomic E-state index is 0. The molecule has 1 aromatic heterocycles. The first kappa shape index (κ1) is 20.3. The number of halogens is 3. The minimum Gasteiger partial charge on any atom is -0.370 e. The average Bonchev–Trinajstić information content (AvgIpc) is 2.96. The summed E-state index contributed by atoms with van der Waals surface area (Å²) in [5.41, 5.74) is 8.99. The highest BCUT2D eigenvalue weighted by atomic mass is 127. The normalized spacial score (nSPS) is 15.2. The lowest BCUT2D eigenvalue weighted by Gasteiger charge is -2.16. The molecule has 0 saturated carbocycles. The van der Waals surface area contributed by atoms with Crippen LogP contribution in [0.2, 0.25) is 10.0 Å². The molecule has 1 atom stereocenters. The molecule has 1 aliphatic rings. The number of fused-ring (bicyclic) bond motifs is 1. The van der Waals surface area contributed by atoms with Gasteiger partial charge in [-0.1, -0.05) is 34.4 Å². The Bertz CT molecular complexity index is 763. The quantitative estimate of drug-likeness (QED) is 0.368. The first-order valence-corrected chi connectivity index (χ1v) is 8.78. The number of rotatable bonds is 4. The zero-order valence-electron chi connectivity index (χ0n) is 13.9. The molecule has 1 aliphatic carbocycles. The number of hydrogen-bond donors (Lipinski definition) is 2. The van der Waals surface area contributed by atoms with E-state index in [1.54, 1.807) is 12.1 Å². The molecule has 0 bridgehead atoms. The van der Waals surface area contributed by atoms with Crippen molar-refractivity contribution in [3.63, 3.8) is 0 Å². The van der Waals surface area contributed by atoms with E-state index in [1.807, 2.05) is 13.0 Å². The number of nitrogens with two attached hydrogens (primary N) is 1. The molecule has 0 saturated heterocycles. The maximum absolute atomic E-state index is 6.22.